The fourth-order valence-corrected chi connectivity index (χ4v) is 9.75. The van der Waals surface area contributed by atoms with Crippen LogP contribution in [-0.2, 0) is 0 Å². The first-order chi connectivity index (χ1) is 26.8. The number of hydrogen-bond acceptors (Lipinski definition) is 1. The quantitative estimate of drug-likeness (QED) is 0.171. The smallest absolute Gasteiger partial charge is 0.0991 e. The third-order valence-corrected chi connectivity index (χ3v) is 11.9. The third-order valence-electron chi connectivity index (χ3n) is 11.9. The Kier molecular flexibility index (Phi) is 5.90. The van der Waals surface area contributed by atoms with E-state index < -0.39 is 0 Å². The van der Waals surface area contributed by atoms with Crippen molar-refractivity contribution in [3.05, 3.63) is 181 Å². The molecule has 12 aromatic carbocycles. The van der Waals surface area contributed by atoms with Gasteiger partial charge in [-0.1, -0.05) is 152 Å². The van der Waals surface area contributed by atoms with Gasteiger partial charge in [-0.15, -0.1) is 0 Å². The molecule has 54 heavy (non-hydrogen) atoms. The largest absolute Gasteiger partial charge is 0.192 e. The van der Waals surface area contributed by atoms with Crippen molar-refractivity contribution >= 4 is 86.2 Å². The number of hydrogen-bond donors (Lipinski definition) is 0. The van der Waals surface area contributed by atoms with Gasteiger partial charge in [-0.25, -0.2) is 0 Å². The normalized spacial score (nSPS) is 12.1. The molecule has 0 N–H and O–H groups in total. The monoisotopic (exact) mass is 679 g/mol. The Bertz CT molecular complexity index is 3530. The molecular formula is C53H29N. The molecular weight excluding hydrogens is 651 g/mol. The van der Waals surface area contributed by atoms with Gasteiger partial charge < -0.3 is 0 Å². The van der Waals surface area contributed by atoms with Crippen LogP contribution in [0.5, 0.6) is 0 Å². The Morgan fingerprint density at radius 2 is 0.852 bits per heavy atom. The van der Waals surface area contributed by atoms with Crippen LogP contribution in [0.15, 0.2) is 176 Å². The van der Waals surface area contributed by atoms with Crippen molar-refractivity contribution in [3.63, 3.8) is 0 Å². The minimum absolute atomic E-state index is 0.681. The topological polar surface area (TPSA) is 23.8 Å². The Morgan fingerprint density at radius 1 is 0.296 bits per heavy atom. The molecule has 0 saturated carbocycles. The van der Waals surface area contributed by atoms with Gasteiger partial charge in [0.05, 0.1) is 11.6 Å². The van der Waals surface area contributed by atoms with Crippen LogP contribution in [-0.4, -0.2) is 0 Å². The van der Waals surface area contributed by atoms with Crippen molar-refractivity contribution in [3.8, 4) is 39.4 Å². The maximum Gasteiger partial charge on any atom is 0.0991 e. The maximum atomic E-state index is 9.50. The van der Waals surface area contributed by atoms with E-state index in [9.17, 15) is 5.26 Å². The van der Waals surface area contributed by atoms with E-state index in [1.165, 1.54) is 109 Å². The van der Waals surface area contributed by atoms with Crippen molar-refractivity contribution in [2.24, 2.45) is 0 Å². The predicted octanol–water partition coefficient (Wildman–Crippen LogP) is 14.7. The lowest BCUT2D eigenvalue weighted by Gasteiger charge is -2.19. The number of fused-ring (bicyclic) bond motifs is 9. The molecule has 0 aliphatic carbocycles. The van der Waals surface area contributed by atoms with E-state index in [0.717, 1.165) is 10.8 Å². The molecule has 0 atom stereocenters. The molecule has 0 amide bonds. The summed E-state index contributed by atoms with van der Waals surface area (Å²) in [6, 6.07) is 66.8. The summed E-state index contributed by atoms with van der Waals surface area (Å²) >= 11 is 0. The van der Waals surface area contributed by atoms with Gasteiger partial charge in [-0.2, -0.15) is 5.26 Å². The van der Waals surface area contributed by atoms with Crippen LogP contribution in [0.4, 0.5) is 0 Å². The summed E-state index contributed by atoms with van der Waals surface area (Å²) in [6.07, 6.45) is 0. The SMILES string of the molecule is N#Cc1ccc2cc(-c3ccc4c5c(-c6ccccc6)c6cc7c8ccccc8c8cccc(c6c(-c6ccccc6)c5c5cccc3c45)c87)ccc2c1. The fraction of sp³-hybridized carbons (Fsp3) is 0. The van der Waals surface area contributed by atoms with E-state index >= 15 is 0 Å². The molecule has 246 valence electrons. The molecule has 0 radical (unpaired) electrons. The van der Waals surface area contributed by atoms with Gasteiger partial charge in [0.15, 0.2) is 0 Å². The lowest BCUT2D eigenvalue weighted by atomic mass is 9.84. The zero-order chi connectivity index (χ0) is 35.5. The molecule has 0 fully saturated rings. The van der Waals surface area contributed by atoms with Gasteiger partial charge >= 0.3 is 0 Å². The molecule has 0 spiro atoms. The van der Waals surface area contributed by atoms with Crippen LogP contribution in [0.3, 0.4) is 0 Å². The van der Waals surface area contributed by atoms with Crippen LogP contribution in [0.25, 0.3) is 120 Å². The van der Waals surface area contributed by atoms with Crippen molar-refractivity contribution < 1.29 is 0 Å². The molecule has 0 bridgehead atoms. The summed E-state index contributed by atoms with van der Waals surface area (Å²) in [5, 5.41) is 29.9. The summed E-state index contributed by atoms with van der Waals surface area (Å²) in [6.45, 7) is 0. The summed E-state index contributed by atoms with van der Waals surface area (Å²) in [7, 11) is 0. The van der Waals surface area contributed by atoms with Gasteiger partial charge in [0, 0.05) is 0 Å². The van der Waals surface area contributed by atoms with Crippen LogP contribution in [0.2, 0.25) is 0 Å². The van der Waals surface area contributed by atoms with Crippen molar-refractivity contribution in [2.45, 2.75) is 0 Å². The second-order valence-corrected chi connectivity index (χ2v) is 14.6. The first-order valence-electron chi connectivity index (χ1n) is 18.6. The van der Waals surface area contributed by atoms with Crippen LogP contribution in [0, 0.1) is 11.3 Å². The minimum Gasteiger partial charge on any atom is -0.192 e. The van der Waals surface area contributed by atoms with Crippen molar-refractivity contribution in [1.82, 2.24) is 0 Å². The molecule has 0 saturated heterocycles. The second kappa shape index (κ2) is 10.9. The molecule has 12 rings (SSSR count). The molecule has 12 aromatic rings. The average molecular weight is 680 g/mol. The van der Waals surface area contributed by atoms with E-state index in [1.807, 2.05) is 12.1 Å². The van der Waals surface area contributed by atoms with Crippen molar-refractivity contribution in [2.75, 3.05) is 0 Å². The highest BCUT2D eigenvalue weighted by molar-refractivity contribution is 6.45. The third kappa shape index (κ3) is 3.87. The van der Waals surface area contributed by atoms with Crippen molar-refractivity contribution in [1.29, 1.82) is 5.26 Å². The zero-order valence-corrected chi connectivity index (χ0v) is 29.2. The summed E-state index contributed by atoms with van der Waals surface area (Å²) in [5.74, 6) is 0. The molecule has 0 aromatic heterocycles. The highest BCUT2D eigenvalue weighted by Crippen LogP contribution is 2.55. The number of nitrogens with zero attached hydrogens (tertiary/aromatic N) is 1. The Labute approximate surface area is 311 Å². The lowest BCUT2D eigenvalue weighted by molar-refractivity contribution is 1.50. The first kappa shape index (κ1) is 29.3. The fourth-order valence-electron chi connectivity index (χ4n) is 9.75. The highest BCUT2D eigenvalue weighted by Gasteiger charge is 2.26. The lowest BCUT2D eigenvalue weighted by Crippen LogP contribution is -1.91. The van der Waals surface area contributed by atoms with Gasteiger partial charge in [-0.3, -0.25) is 0 Å². The van der Waals surface area contributed by atoms with E-state index in [4.69, 9.17) is 0 Å². The standard InChI is InChI=1S/C53H29N/c54-30-31-21-22-35-28-36(24-23-34(35)27-31)37-25-26-44-49-40(37)17-9-20-43(49)53-48(33-13-5-2-6-14-33)51-42-19-10-18-41-38-15-7-8-16-39(38)45(50(41)42)29-46(51)47(52(44)53)32-11-3-1-4-12-32/h1-29H. The van der Waals surface area contributed by atoms with Gasteiger partial charge in [0.1, 0.15) is 0 Å². The van der Waals surface area contributed by atoms with Gasteiger partial charge in [0.25, 0.3) is 0 Å². The zero-order valence-electron chi connectivity index (χ0n) is 29.2. The van der Waals surface area contributed by atoms with E-state index in [1.54, 1.807) is 0 Å². The minimum atomic E-state index is 0.681. The Morgan fingerprint density at radius 3 is 1.61 bits per heavy atom. The molecule has 0 heterocycles. The second-order valence-electron chi connectivity index (χ2n) is 14.6. The van der Waals surface area contributed by atoms with Crippen LogP contribution >= 0.6 is 0 Å². The summed E-state index contributed by atoms with van der Waals surface area (Å²) in [4.78, 5) is 0. The van der Waals surface area contributed by atoms with Crippen LogP contribution in [0.1, 0.15) is 5.56 Å². The maximum absolute atomic E-state index is 9.50. The van der Waals surface area contributed by atoms with Gasteiger partial charge in [0.2, 0.25) is 0 Å². The number of benzene rings is 10. The predicted molar refractivity (Wildman–Crippen MR) is 230 cm³/mol. The molecule has 1 heteroatoms. The molecule has 0 unspecified atom stereocenters. The Hall–Kier alpha value is -7.27. The highest BCUT2D eigenvalue weighted by atomic mass is 14.3. The summed E-state index contributed by atoms with van der Waals surface area (Å²) in [5.41, 5.74) is 8.11. The first-order valence-corrected chi connectivity index (χ1v) is 18.6. The van der Waals surface area contributed by atoms with E-state index in [0.29, 0.717) is 5.56 Å². The molecule has 1 nitrogen and oxygen atoms in total. The Balaban J connectivity index is 1.31. The molecule has 0 aliphatic rings. The average Bonchev–Trinajstić information content (AvgIpc) is 3.74. The molecule has 0 aliphatic heterocycles. The van der Waals surface area contributed by atoms with Gasteiger partial charge in [-0.05, 0) is 144 Å². The van der Waals surface area contributed by atoms with Crippen LogP contribution < -0.4 is 0 Å². The number of rotatable bonds is 3. The van der Waals surface area contributed by atoms with E-state index in [-0.39, 0.29) is 0 Å². The van der Waals surface area contributed by atoms with E-state index in [2.05, 4.69) is 170 Å². The number of nitriles is 1. The summed E-state index contributed by atoms with van der Waals surface area (Å²) < 4.78 is 0.